The summed E-state index contributed by atoms with van der Waals surface area (Å²) in [6.07, 6.45) is 11.4. The van der Waals surface area contributed by atoms with Crippen LogP contribution in [0.25, 0.3) is 0 Å². The lowest BCUT2D eigenvalue weighted by atomic mass is 10.4. The molecule has 0 bridgehead atoms. The molecule has 1 heteroatoms. The summed E-state index contributed by atoms with van der Waals surface area (Å²) in [5.74, 6) is 0. The first-order valence-corrected chi connectivity index (χ1v) is 2.67. The molecule has 9 heavy (non-hydrogen) atoms. The molecular weight excluding hydrogens is 112 g/mol. The molecule has 0 saturated heterocycles. The molecule has 0 spiro atoms. The van der Waals surface area contributed by atoms with Crippen LogP contribution in [0.1, 0.15) is 0 Å². The molecule has 48 valence electrons. The van der Waals surface area contributed by atoms with Crippen molar-refractivity contribution in [3.8, 4) is 0 Å². The molecule has 0 rings (SSSR count). The van der Waals surface area contributed by atoms with Crippen molar-refractivity contribution in [2.75, 3.05) is 0 Å². The van der Waals surface area contributed by atoms with Gasteiger partial charge in [-0.15, -0.1) is 0 Å². The number of hydrogen-bond donors (Lipinski definition) is 1. The van der Waals surface area contributed by atoms with Crippen molar-refractivity contribution in [3.05, 3.63) is 49.3 Å². The molecule has 0 heterocycles. The van der Waals surface area contributed by atoms with Gasteiger partial charge in [0.25, 0.3) is 0 Å². The molecule has 0 aliphatic heterocycles. The smallest absolute Gasteiger partial charge is 0.0791 e. The van der Waals surface area contributed by atoms with Crippen molar-refractivity contribution >= 4 is 0 Å². The van der Waals surface area contributed by atoms with Gasteiger partial charge >= 0.3 is 0 Å². The van der Waals surface area contributed by atoms with Gasteiger partial charge in [-0.25, -0.2) is 0 Å². The molecule has 0 unspecified atom stereocenters. The molecular formula is C8H10O. The van der Waals surface area contributed by atoms with E-state index in [9.17, 15) is 0 Å². The second-order valence-electron chi connectivity index (χ2n) is 1.35. The van der Waals surface area contributed by atoms with Gasteiger partial charge in [-0.3, -0.25) is 0 Å². The largest absolute Gasteiger partial charge is 0.516 e. The van der Waals surface area contributed by atoms with Crippen molar-refractivity contribution in [1.82, 2.24) is 0 Å². The fourth-order valence-corrected chi connectivity index (χ4v) is 0.321. The van der Waals surface area contributed by atoms with Crippen molar-refractivity contribution in [2.24, 2.45) is 0 Å². The lowest BCUT2D eigenvalue weighted by molar-refractivity contribution is 0.474. The van der Waals surface area contributed by atoms with E-state index in [1.165, 1.54) is 6.08 Å². The van der Waals surface area contributed by atoms with E-state index in [-0.39, 0.29) is 0 Å². The molecule has 1 N–H and O–H groups in total. The summed E-state index contributed by atoms with van der Waals surface area (Å²) in [7, 11) is 0. The average Bonchev–Trinajstić information content (AvgIpc) is 1.89. The van der Waals surface area contributed by atoms with Crippen molar-refractivity contribution in [1.29, 1.82) is 0 Å². The topological polar surface area (TPSA) is 20.2 Å². The highest BCUT2D eigenvalue weighted by molar-refractivity contribution is 5.13. The Balaban J connectivity index is 3.46. The zero-order valence-electron chi connectivity index (χ0n) is 5.20. The SMILES string of the molecule is C=C/C=C\C=C/C=CO. The molecule has 0 aromatic carbocycles. The second-order valence-corrected chi connectivity index (χ2v) is 1.35. The molecule has 0 aromatic heterocycles. The highest BCUT2D eigenvalue weighted by Gasteiger charge is 1.57. The van der Waals surface area contributed by atoms with Crippen LogP contribution in [0.15, 0.2) is 49.3 Å². The summed E-state index contributed by atoms with van der Waals surface area (Å²) in [4.78, 5) is 0. The van der Waals surface area contributed by atoms with Crippen molar-refractivity contribution in [3.63, 3.8) is 0 Å². The molecule has 0 aliphatic carbocycles. The van der Waals surface area contributed by atoms with E-state index in [0.29, 0.717) is 0 Å². The van der Waals surface area contributed by atoms with E-state index in [1.807, 2.05) is 12.2 Å². The van der Waals surface area contributed by atoms with Crippen LogP contribution in [-0.2, 0) is 0 Å². The Bertz CT molecular complexity index is 141. The fourth-order valence-electron chi connectivity index (χ4n) is 0.321. The van der Waals surface area contributed by atoms with Gasteiger partial charge in [0.15, 0.2) is 0 Å². The Morgan fingerprint density at radius 2 is 1.44 bits per heavy atom. The third-order valence-corrected chi connectivity index (χ3v) is 0.667. The normalized spacial score (nSPS) is 12.0. The van der Waals surface area contributed by atoms with E-state index in [4.69, 9.17) is 5.11 Å². The maximum atomic E-state index is 8.15. The lowest BCUT2D eigenvalue weighted by Gasteiger charge is -1.69. The van der Waals surface area contributed by atoms with Gasteiger partial charge in [0, 0.05) is 0 Å². The van der Waals surface area contributed by atoms with Crippen LogP contribution < -0.4 is 0 Å². The maximum Gasteiger partial charge on any atom is 0.0791 e. The van der Waals surface area contributed by atoms with Gasteiger partial charge < -0.3 is 5.11 Å². The summed E-state index contributed by atoms with van der Waals surface area (Å²) in [6.45, 7) is 3.49. The fraction of sp³-hybridized carbons (Fsp3) is 0. The molecule has 0 saturated carbocycles. The van der Waals surface area contributed by atoms with Gasteiger partial charge in [-0.2, -0.15) is 0 Å². The number of aliphatic hydroxyl groups is 1. The first-order chi connectivity index (χ1) is 4.41. The first kappa shape index (κ1) is 7.76. The summed E-state index contributed by atoms with van der Waals surface area (Å²) >= 11 is 0. The van der Waals surface area contributed by atoms with Crippen molar-refractivity contribution < 1.29 is 5.11 Å². The van der Waals surface area contributed by atoms with Gasteiger partial charge in [0.1, 0.15) is 0 Å². The molecule has 1 nitrogen and oxygen atoms in total. The zero-order valence-corrected chi connectivity index (χ0v) is 5.20. The minimum atomic E-state index is 0.984. The highest BCUT2D eigenvalue weighted by atomic mass is 16.2. The Labute approximate surface area is 55.3 Å². The Morgan fingerprint density at radius 1 is 0.889 bits per heavy atom. The summed E-state index contributed by atoms with van der Waals surface area (Å²) in [5, 5.41) is 8.15. The van der Waals surface area contributed by atoms with Crippen LogP contribution in [0.4, 0.5) is 0 Å². The minimum Gasteiger partial charge on any atom is -0.516 e. The van der Waals surface area contributed by atoms with Crippen LogP contribution in [0, 0.1) is 0 Å². The van der Waals surface area contributed by atoms with Gasteiger partial charge in [-0.05, 0) is 6.08 Å². The van der Waals surface area contributed by atoms with Crippen LogP contribution in [-0.4, -0.2) is 5.11 Å². The lowest BCUT2D eigenvalue weighted by Crippen LogP contribution is -1.49. The van der Waals surface area contributed by atoms with Crippen LogP contribution in [0.5, 0.6) is 0 Å². The van der Waals surface area contributed by atoms with E-state index in [2.05, 4.69) is 6.58 Å². The quantitative estimate of drug-likeness (QED) is 0.450. The first-order valence-electron chi connectivity index (χ1n) is 2.67. The average molecular weight is 122 g/mol. The predicted octanol–water partition coefficient (Wildman–Crippen LogP) is 2.36. The van der Waals surface area contributed by atoms with Crippen LogP contribution in [0.3, 0.4) is 0 Å². The van der Waals surface area contributed by atoms with Crippen molar-refractivity contribution in [2.45, 2.75) is 0 Å². The molecule has 0 aliphatic rings. The van der Waals surface area contributed by atoms with Gasteiger partial charge in [0.05, 0.1) is 6.26 Å². The van der Waals surface area contributed by atoms with Crippen LogP contribution >= 0.6 is 0 Å². The third kappa shape index (κ3) is 6.76. The van der Waals surface area contributed by atoms with Gasteiger partial charge in [0.2, 0.25) is 0 Å². The minimum absolute atomic E-state index is 0.984. The second kappa shape index (κ2) is 6.76. The Morgan fingerprint density at radius 3 is 2.00 bits per heavy atom. The van der Waals surface area contributed by atoms with E-state index in [1.54, 1.807) is 18.2 Å². The summed E-state index contributed by atoms with van der Waals surface area (Å²) in [6, 6.07) is 0. The zero-order chi connectivity index (χ0) is 6.95. The summed E-state index contributed by atoms with van der Waals surface area (Å²) in [5.41, 5.74) is 0. The number of aliphatic hydroxyl groups excluding tert-OH is 1. The highest BCUT2D eigenvalue weighted by Crippen LogP contribution is 1.78. The molecule has 0 atom stereocenters. The Kier molecular flexibility index (Phi) is 5.83. The number of allylic oxidation sites excluding steroid dienone is 6. The van der Waals surface area contributed by atoms with Gasteiger partial charge in [-0.1, -0.05) is 37.0 Å². The monoisotopic (exact) mass is 122 g/mol. The predicted molar refractivity (Wildman–Crippen MR) is 40.2 cm³/mol. The maximum absolute atomic E-state index is 8.15. The third-order valence-electron chi connectivity index (χ3n) is 0.667. The molecule has 0 aromatic rings. The van der Waals surface area contributed by atoms with E-state index in [0.717, 1.165) is 6.26 Å². The van der Waals surface area contributed by atoms with Crippen LogP contribution in [0.2, 0.25) is 0 Å². The molecule has 0 radical (unpaired) electrons. The van der Waals surface area contributed by atoms with E-state index < -0.39 is 0 Å². The Hall–Kier alpha value is -1.24. The summed E-state index contributed by atoms with van der Waals surface area (Å²) < 4.78 is 0. The molecule has 0 amide bonds. The molecule has 0 fully saturated rings. The number of rotatable bonds is 3. The number of hydrogen-bond acceptors (Lipinski definition) is 1. The van der Waals surface area contributed by atoms with E-state index >= 15 is 0 Å². The standard InChI is InChI=1S/C8H10O/c1-2-3-4-5-6-7-8-9/h2-9H,1H2/b4-3-,6-5-,8-7?.